The average Bonchev–Trinajstić information content (AvgIpc) is 2.53. The molecule has 0 aliphatic heterocycles. The van der Waals surface area contributed by atoms with Gasteiger partial charge in [0.25, 0.3) is 0 Å². The predicted octanol–water partition coefficient (Wildman–Crippen LogP) is 2.89. The Morgan fingerprint density at radius 1 is 1.00 bits per heavy atom. The van der Waals surface area contributed by atoms with Gasteiger partial charge in [-0.25, -0.2) is 21.9 Å². The lowest BCUT2D eigenvalue weighted by molar-refractivity contribution is -0.116. The summed E-state index contributed by atoms with van der Waals surface area (Å²) in [7, 11) is -3.72. The van der Waals surface area contributed by atoms with Crippen molar-refractivity contribution in [1.82, 2.24) is 4.72 Å². The molecule has 0 bridgehead atoms. The average molecular weight is 368 g/mol. The normalized spacial score (nSPS) is 11.4. The summed E-state index contributed by atoms with van der Waals surface area (Å²) < 4.78 is 52.6. The maximum absolute atomic E-state index is 13.1. The van der Waals surface area contributed by atoms with Gasteiger partial charge in [0, 0.05) is 24.7 Å². The number of nitrogens with one attached hydrogen (secondary N) is 2. The van der Waals surface area contributed by atoms with Gasteiger partial charge in [-0.2, -0.15) is 0 Å². The van der Waals surface area contributed by atoms with E-state index in [1.807, 2.05) is 13.8 Å². The van der Waals surface area contributed by atoms with Crippen molar-refractivity contribution < 1.29 is 22.0 Å². The number of hydrogen-bond donors (Lipinski definition) is 2. The number of hydrogen-bond acceptors (Lipinski definition) is 3. The molecular formula is C17H18F2N2O3S. The monoisotopic (exact) mass is 368 g/mol. The minimum Gasteiger partial charge on any atom is -0.326 e. The van der Waals surface area contributed by atoms with E-state index < -0.39 is 27.6 Å². The molecular weight excluding hydrogens is 350 g/mol. The summed E-state index contributed by atoms with van der Waals surface area (Å²) >= 11 is 0. The molecule has 2 aromatic carbocycles. The lowest BCUT2D eigenvalue weighted by Crippen LogP contribution is -2.28. The second-order valence-electron chi connectivity index (χ2n) is 5.57. The Hall–Kier alpha value is -2.32. The van der Waals surface area contributed by atoms with E-state index in [0.29, 0.717) is 0 Å². The summed E-state index contributed by atoms with van der Waals surface area (Å²) in [6.07, 6.45) is -0.150. The fourth-order valence-corrected chi connectivity index (χ4v) is 3.18. The molecule has 2 rings (SSSR count). The molecule has 2 aromatic rings. The Labute approximate surface area is 145 Å². The number of carbonyl (C=O) groups excluding carboxylic acids is 1. The van der Waals surface area contributed by atoms with Gasteiger partial charge in [0.2, 0.25) is 15.9 Å². The highest BCUT2D eigenvalue weighted by atomic mass is 32.2. The van der Waals surface area contributed by atoms with Crippen molar-refractivity contribution in [3.05, 3.63) is 59.2 Å². The third kappa shape index (κ3) is 5.07. The highest BCUT2D eigenvalue weighted by Gasteiger charge is 2.15. The van der Waals surface area contributed by atoms with Crippen molar-refractivity contribution in [2.45, 2.75) is 25.2 Å². The third-order valence-electron chi connectivity index (χ3n) is 3.64. The topological polar surface area (TPSA) is 75.3 Å². The van der Waals surface area contributed by atoms with Gasteiger partial charge in [0.1, 0.15) is 0 Å². The highest BCUT2D eigenvalue weighted by Crippen LogP contribution is 2.15. The molecule has 0 saturated carbocycles. The Balaban J connectivity index is 1.91. The highest BCUT2D eigenvalue weighted by molar-refractivity contribution is 7.89. The van der Waals surface area contributed by atoms with E-state index in [-0.39, 0.29) is 23.5 Å². The second-order valence-corrected chi connectivity index (χ2v) is 7.34. The molecule has 0 saturated heterocycles. The first-order valence-corrected chi connectivity index (χ1v) is 8.99. The predicted molar refractivity (Wildman–Crippen MR) is 90.7 cm³/mol. The lowest BCUT2D eigenvalue weighted by atomic mass is 10.1. The first-order valence-electron chi connectivity index (χ1n) is 7.51. The van der Waals surface area contributed by atoms with Crippen molar-refractivity contribution in [2.24, 2.45) is 0 Å². The van der Waals surface area contributed by atoms with Crippen molar-refractivity contribution in [3.63, 3.8) is 0 Å². The van der Waals surface area contributed by atoms with Gasteiger partial charge in [-0.1, -0.05) is 6.07 Å². The van der Waals surface area contributed by atoms with Crippen molar-refractivity contribution >= 4 is 21.6 Å². The van der Waals surface area contributed by atoms with Crippen LogP contribution in [-0.2, 0) is 14.8 Å². The Morgan fingerprint density at radius 2 is 1.72 bits per heavy atom. The van der Waals surface area contributed by atoms with Crippen LogP contribution in [0.5, 0.6) is 0 Å². The Morgan fingerprint density at radius 3 is 2.36 bits per heavy atom. The number of sulfonamides is 1. The number of amides is 1. The first kappa shape index (κ1) is 19.0. The molecule has 0 radical (unpaired) electrons. The smallest absolute Gasteiger partial charge is 0.240 e. The van der Waals surface area contributed by atoms with E-state index >= 15 is 0 Å². The second kappa shape index (κ2) is 7.71. The first-order chi connectivity index (χ1) is 11.7. The van der Waals surface area contributed by atoms with Gasteiger partial charge >= 0.3 is 0 Å². The quantitative estimate of drug-likeness (QED) is 0.823. The largest absolute Gasteiger partial charge is 0.326 e. The number of rotatable bonds is 6. The molecule has 0 aromatic heterocycles. The molecule has 0 atom stereocenters. The Bertz CT molecular complexity index is 899. The number of carbonyl (C=O) groups is 1. The van der Waals surface area contributed by atoms with Gasteiger partial charge in [-0.05, 0) is 49.2 Å². The van der Waals surface area contributed by atoms with Crippen LogP contribution < -0.4 is 10.0 Å². The number of aryl methyl sites for hydroxylation is 2. The SMILES string of the molecule is Cc1ccc(S(=O)(=O)NCCC(=O)Nc2ccc(F)c(F)c2)cc1C. The summed E-state index contributed by atoms with van der Waals surface area (Å²) in [6.45, 7) is 3.57. The van der Waals surface area contributed by atoms with Crippen LogP contribution in [0.25, 0.3) is 0 Å². The van der Waals surface area contributed by atoms with Gasteiger partial charge in [0.05, 0.1) is 4.90 Å². The van der Waals surface area contributed by atoms with E-state index in [1.165, 1.54) is 12.1 Å². The fourth-order valence-electron chi connectivity index (χ4n) is 2.06. The molecule has 5 nitrogen and oxygen atoms in total. The summed E-state index contributed by atoms with van der Waals surface area (Å²) in [4.78, 5) is 11.9. The summed E-state index contributed by atoms with van der Waals surface area (Å²) in [6, 6.07) is 7.72. The van der Waals surface area contributed by atoms with Crippen LogP contribution in [0.2, 0.25) is 0 Å². The zero-order chi connectivity index (χ0) is 18.6. The molecule has 134 valence electrons. The van der Waals surface area contributed by atoms with Gasteiger partial charge in [-0.15, -0.1) is 0 Å². The molecule has 0 spiro atoms. The van der Waals surface area contributed by atoms with Crippen molar-refractivity contribution in [1.29, 1.82) is 0 Å². The zero-order valence-electron chi connectivity index (χ0n) is 13.8. The number of benzene rings is 2. The molecule has 0 fully saturated rings. The minimum absolute atomic E-state index is 0.0981. The number of anilines is 1. The minimum atomic E-state index is -3.72. The molecule has 1 amide bonds. The summed E-state index contributed by atoms with van der Waals surface area (Å²) in [5.41, 5.74) is 1.92. The van der Waals surface area contributed by atoms with Crippen LogP contribution in [-0.4, -0.2) is 20.9 Å². The van der Waals surface area contributed by atoms with E-state index in [2.05, 4.69) is 10.0 Å². The molecule has 25 heavy (non-hydrogen) atoms. The van der Waals surface area contributed by atoms with Crippen LogP contribution in [0.4, 0.5) is 14.5 Å². The lowest BCUT2D eigenvalue weighted by Gasteiger charge is -2.09. The van der Waals surface area contributed by atoms with Gasteiger partial charge in [0.15, 0.2) is 11.6 Å². The van der Waals surface area contributed by atoms with Crippen LogP contribution in [0.1, 0.15) is 17.5 Å². The number of halogens is 2. The van der Waals surface area contributed by atoms with E-state index in [0.717, 1.165) is 23.3 Å². The van der Waals surface area contributed by atoms with Crippen LogP contribution in [0.3, 0.4) is 0 Å². The van der Waals surface area contributed by atoms with Crippen LogP contribution >= 0.6 is 0 Å². The Kier molecular flexibility index (Phi) is 5.86. The van der Waals surface area contributed by atoms with Gasteiger partial charge in [-0.3, -0.25) is 4.79 Å². The molecule has 0 unspecified atom stereocenters. The van der Waals surface area contributed by atoms with Crippen molar-refractivity contribution in [2.75, 3.05) is 11.9 Å². The molecule has 0 aliphatic rings. The van der Waals surface area contributed by atoms with E-state index in [9.17, 15) is 22.0 Å². The van der Waals surface area contributed by atoms with Crippen molar-refractivity contribution in [3.8, 4) is 0 Å². The molecule has 0 aliphatic carbocycles. The molecule has 0 heterocycles. The summed E-state index contributed by atoms with van der Waals surface area (Å²) in [5, 5.41) is 2.37. The summed E-state index contributed by atoms with van der Waals surface area (Å²) in [5.74, 6) is -2.61. The molecule has 2 N–H and O–H groups in total. The van der Waals surface area contributed by atoms with Crippen LogP contribution in [0.15, 0.2) is 41.3 Å². The molecule has 8 heteroatoms. The van der Waals surface area contributed by atoms with E-state index in [4.69, 9.17) is 0 Å². The fraction of sp³-hybridized carbons (Fsp3) is 0.235. The maximum atomic E-state index is 13.1. The van der Waals surface area contributed by atoms with Crippen LogP contribution in [0, 0.1) is 25.5 Å². The maximum Gasteiger partial charge on any atom is 0.240 e. The van der Waals surface area contributed by atoms with Gasteiger partial charge < -0.3 is 5.32 Å². The van der Waals surface area contributed by atoms with E-state index in [1.54, 1.807) is 12.1 Å². The third-order valence-corrected chi connectivity index (χ3v) is 5.09. The standard InChI is InChI=1S/C17H18F2N2O3S/c1-11-3-5-14(9-12(11)2)25(23,24)20-8-7-17(22)21-13-4-6-15(18)16(19)10-13/h3-6,9-10,20H,7-8H2,1-2H3,(H,21,22). The zero-order valence-corrected chi connectivity index (χ0v) is 14.6.